The molecule has 0 saturated heterocycles. The Hall–Kier alpha value is -1.29. The first-order valence-electron chi connectivity index (χ1n) is 5.52. The molecule has 2 N–H and O–H groups in total. The molecule has 3 nitrogen and oxygen atoms in total. The summed E-state index contributed by atoms with van der Waals surface area (Å²) in [5, 5.41) is 0. The number of rotatable bonds is 4. The molecule has 1 aromatic rings. The molecule has 0 saturated carbocycles. The molecule has 1 aromatic carbocycles. The number of hydrogen-bond acceptors (Lipinski definition) is 3. The van der Waals surface area contributed by atoms with Crippen LogP contribution >= 0.6 is 0 Å². The van der Waals surface area contributed by atoms with E-state index in [1.165, 1.54) is 21.0 Å². The molecule has 0 aliphatic carbocycles. The second-order valence-corrected chi connectivity index (χ2v) is 4.56. The van der Waals surface area contributed by atoms with E-state index in [1.807, 2.05) is 6.92 Å². The van der Waals surface area contributed by atoms with E-state index in [4.69, 9.17) is 15.2 Å². The van der Waals surface area contributed by atoms with E-state index in [0.717, 1.165) is 5.56 Å². The highest BCUT2D eigenvalue weighted by Gasteiger charge is 2.24. The van der Waals surface area contributed by atoms with Gasteiger partial charge in [-0.2, -0.15) is 0 Å². The van der Waals surface area contributed by atoms with Crippen LogP contribution in [0.4, 0.5) is 4.39 Å². The quantitative estimate of drug-likeness (QED) is 0.881. The fraction of sp³-hybridized carbons (Fsp3) is 0.538. The molecule has 1 unspecified atom stereocenters. The van der Waals surface area contributed by atoms with Gasteiger partial charge < -0.3 is 15.2 Å². The number of methoxy groups -OCH3 is 2. The third-order valence-electron chi connectivity index (χ3n) is 2.68. The normalized spacial score (nSPS) is 13.4. The molecule has 0 radical (unpaired) electrons. The Kier molecular flexibility index (Phi) is 3.98. The average Bonchev–Trinajstić information content (AvgIpc) is 2.25. The maximum atomic E-state index is 14.0. The molecule has 1 atom stereocenters. The summed E-state index contributed by atoms with van der Waals surface area (Å²) in [4.78, 5) is 0. The van der Waals surface area contributed by atoms with Gasteiger partial charge >= 0.3 is 0 Å². The number of halogens is 1. The minimum Gasteiger partial charge on any atom is -0.493 e. The summed E-state index contributed by atoms with van der Waals surface area (Å²) in [6, 6.07) is 3.12. The molecule has 0 bridgehead atoms. The Morgan fingerprint density at radius 1 is 1.24 bits per heavy atom. The van der Waals surface area contributed by atoms with Crippen molar-refractivity contribution in [3.8, 4) is 11.5 Å². The zero-order valence-electron chi connectivity index (χ0n) is 11.0. The molecule has 1 rings (SSSR count). The Balaban J connectivity index is 3.46. The van der Waals surface area contributed by atoms with Gasteiger partial charge in [0.15, 0.2) is 11.5 Å². The van der Waals surface area contributed by atoms with E-state index in [0.29, 0.717) is 17.1 Å². The van der Waals surface area contributed by atoms with E-state index in [9.17, 15) is 4.39 Å². The lowest BCUT2D eigenvalue weighted by atomic mass is 9.95. The standard InChI is InChI=1S/C13H20FNO2/c1-8(15)10-6-9(13(2,3)14)7-11(16-4)12(10)17-5/h6-8H,15H2,1-5H3. The Morgan fingerprint density at radius 3 is 2.18 bits per heavy atom. The van der Waals surface area contributed by atoms with Gasteiger partial charge in [-0.1, -0.05) is 0 Å². The summed E-state index contributed by atoms with van der Waals surface area (Å²) >= 11 is 0. The van der Waals surface area contributed by atoms with Gasteiger partial charge in [0.25, 0.3) is 0 Å². The minimum atomic E-state index is -1.44. The van der Waals surface area contributed by atoms with Gasteiger partial charge in [0.1, 0.15) is 5.67 Å². The highest BCUT2D eigenvalue weighted by atomic mass is 19.1. The number of alkyl halides is 1. The Bertz CT molecular complexity index is 397. The zero-order chi connectivity index (χ0) is 13.2. The summed E-state index contributed by atoms with van der Waals surface area (Å²) in [7, 11) is 3.07. The number of hydrogen-bond donors (Lipinski definition) is 1. The minimum absolute atomic E-state index is 0.249. The maximum absolute atomic E-state index is 14.0. The molecular weight excluding hydrogens is 221 g/mol. The van der Waals surface area contributed by atoms with Gasteiger partial charge in [0.05, 0.1) is 14.2 Å². The van der Waals surface area contributed by atoms with Crippen LogP contribution < -0.4 is 15.2 Å². The molecule has 4 heteroatoms. The van der Waals surface area contributed by atoms with Crippen molar-refractivity contribution in [1.82, 2.24) is 0 Å². The average molecular weight is 241 g/mol. The highest BCUT2D eigenvalue weighted by molar-refractivity contribution is 5.51. The molecule has 0 fully saturated rings. The smallest absolute Gasteiger partial charge is 0.165 e. The first kappa shape index (κ1) is 13.8. The van der Waals surface area contributed by atoms with E-state index in [1.54, 1.807) is 19.2 Å². The van der Waals surface area contributed by atoms with Crippen LogP contribution in [0.25, 0.3) is 0 Å². The van der Waals surface area contributed by atoms with Gasteiger partial charge in [-0.3, -0.25) is 0 Å². The predicted molar refractivity (Wildman–Crippen MR) is 66.3 cm³/mol. The van der Waals surface area contributed by atoms with Crippen LogP contribution in [0.5, 0.6) is 11.5 Å². The van der Waals surface area contributed by atoms with E-state index in [2.05, 4.69) is 0 Å². The molecule has 0 heterocycles. The summed E-state index contributed by atoms with van der Waals surface area (Å²) in [6.07, 6.45) is 0. The largest absolute Gasteiger partial charge is 0.493 e. The van der Waals surface area contributed by atoms with Crippen LogP contribution in [-0.2, 0) is 5.67 Å². The summed E-state index contributed by atoms with van der Waals surface area (Å²) in [5.41, 5.74) is 5.70. The van der Waals surface area contributed by atoms with Crippen LogP contribution in [0, 0.1) is 0 Å². The van der Waals surface area contributed by atoms with Crippen molar-refractivity contribution in [2.24, 2.45) is 5.73 Å². The zero-order valence-corrected chi connectivity index (χ0v) is 11.0. The van der Waals surface area contributed by atoms with Crippen molar-refractivity contribution in [2.75, 3.05) is 14.2 Å². The molecule has 96 valence electrons. The second-order valence-electron chi connectivity index (χ2n) is 4.56. The molecular formula is C13H20FNO2. The predicted octanol–water partition coefficient (Wildman–Crippen LogP) is 2.93. The number of nitrogens with two attached hydrogens (primary N) is 1. The van der Waals surface area contributed by atoms with Crippen molar-refractivity contribution in [2.45, 2.75) is 32.5 Å². The third-order valence-corrected chi connectivity index (χ3v) is 2.68. The van der Waals surface area contributed by atoms with Crippen LogP contribution in [0.2, 0.25) is 0 Å². The highest BCUT2D eigenvalue weighted by Crippen LogP contribution is 2.39. The summed E-state index contributed by atoms with van der Waals surface area (Å²) < 4.78 is 24.5. The van der Waals surface area contributed by atoms with E-state index >= 15 is 0 Å². The van der Waals surface area contributed by atoms with E-state index < -0.39 is 5.67 Å². The lowest BCUT2D eigenvalue weighted by Crippen LogP contribution is -2.14. The third kappa shape index (κ3) is 2.88. The lowest BCUT2D eigenvalue weighted by molar-refractivity contribution is 0.220. The van der Waals surface area contributed by atoms with Crippen molar-refractivity contribution in [3.05, 3.63) is 23.3 Å². The van der Waals surface area contributed by atoms with Crippen LogP contribution in [-0.4, -0.2) is 14.2 Å². The van der Waals surface area contributed by atoms with Crippen LogP contribution in [0.1, 0.15) is 37.9 Å². The van der Waals surface area contributed by atoms with Crippen molar-refractivity contribution in [3.63, 3.8) is 0 Å². The Labute approximate surface area is 102 Å². The fourth-order valence-corrected chi connectivity index (χ4v) is 1.68. The first-order chi connectivity index (χ1) is 7.81. The second kappa shape index (κ2) is 4.92. The molecule has 0 aromatic heterocycles. The van der Waals surface area contributed by atoms with Crippen molar-refractivity contribution >= 4 is 0 Å². The first-order valence-corrected chi connectivity index (χ1v) is 5.52. The maximum Gasteiger partial charge on any atom is 0.165 e. The molecule has 0 spiro atoms. The fourth-order valence-electron chi connectivity index (χ4n) is 1.68. The summed E-state index contributed by atoms with van der Waals surface area (Å²) in [6.45, 7) is 4.82. The number of ether oxygens (including phenoxy) is 2. The molecule has 0 aliphatic rings. The van der Waals surface area contributed by atoms with E-state index in [-0.39, 0.29) is 6.04 Å². The van der Waals surface area contributed by atoms with Gasteiger partial charge in [0, 0.05) is 11.6 Å². The van der Waals surface area contributed by atoms with Gasteiger partial charge in [0.2, 0.25) is 0 Å². The van der Waals surface area contributed by atoms with Gasteiger partial charge in [-0.05, 0) is 38.5 Å². The molecule has 0 amide bonds. The van der Waals surface area contributed by atoms with Crippen LogP contribution in [0.15, 0.2) is 12.1 Å². The number of benzene rings is 1. The SMILES string of the molecule is COc1cc(C(C)(C)F)cc(C(C)N)c1OC. The van der Waals surface area contributed by atoms with Crippen molar-refractivity contribution < 1.29 is 13.9 Å². The van der Waals surface area contributed by atoms with Crippen LogP contribution in [0.3, 0.4) is 0 Å². The van der Waals surface area contributed by atoms with Crippen molar-refractivity contribution in [1.29, 1.82) is 0 Å². The van der Waals surface area contributed by atoms with Gasteiger partial charge in [-0.15, -0.1) is 0 Å². The molecule has 0 aliphatic heterocycles. The lowest BCUT2D eigenvalue weighted by Gasteiger charge is -2.21. The summed E-state index contributed by atoms with van der Waals surface area (Å²) in [5.74, 6) is 1.07. The molecule has 17 heavy (non-hydrogen) atoms. The van der Waals surface area contributed by atoms with Gasteiger partial charge in [-0.25, -0.2) is 4.39 Å². The topological polar surface area (TPSA) is 44.5 Å². The monoisotopic (exact) mass is 241 g/mol. The Morgan fingerprint density at radius 2 is 1.82 bits per heavy atom.